The van der Waals surface area contributed by atoms with Crippen molar-refractivity contribution in [3.05, 3.63) is 65.5 Å². The Morgan fingerprint density at radius 1 is 1.22 bits per heavy atom. The van der Waals surface area contributed by atoms with E-state index in [2.05, 4.69) is 40.2 Å². The minimum absolute atomic E-state index is 0.0866. The number of nitrogens with zero attached hydrogens (tertiary/aromatic N) is 3. The minimum atomic E-state index is 0.0866. The quantitative estimate of drug-likeness (QED) is 0.839. The molecule has 0 spiro atoms. The van der Waals surface area contributed by atoms with E-state index in [0.717, 1.165) is 51.4 Å². The van der Waals surface area contributed by atoms with E-state index in [1.54, 1.807) is 12.4 Å². The minimum Gasteiger partial charge on any atom is -0.380 e. The van der Waals surface area contributed by atoms with E-state index < -0.39 is 0 Å². The molecule has 2 aliphatic heterocycles. The molecule has 3 heterocycles. The summed E-state index contributed by atoms with van der Waals surface area (Å²) >= 11 is 0. The van der Waals surface area contributed by atoms with Crippen molar-refractivity contribution in [2.45, 2.75) is 25.9 Å². The van der Waals surface area contributed by atoms with Crippen LogP contribution in [0.15, 0.2) is 48.8 Å². The van der Waals surface area contributed by atoms with Crippen LogP contribution in [0.5, 0.6) is 0 Å². The summed E-state index contributed by atoms with van der Waals surface area (Å²) in [4.78, 5) is 21.6. The Morgan fingerprint density at radius 3 is 2.89 bits per heavy atom. The van der Waals surface area contributed by atoms with Gasteiger partial charge in [-0.1, -0.05) is 30.3 Å². The Morgan fingerprint density at radius 2 is 2.07 bits per heavy atom. The number of likely N-dealkylation sites (tertiary alicyclic amines) is 1. The van der Waals surface area contributed by atoms with Crippen molar-refractivity contribution in [3.8, 4) is 0 Å². The Hall–Kier alpha value is -2.24. The number of amides is 1. The van der Waals surface area contributed by atoms with Gasteiger partial charge in [0.15, 0.2) is 0 Å². The maximum absolute atomic E-state index is 12.9. The number of carbonyl (C=O) groups is 1. The first-order valence-corrected chi connectivity index (χ1v) is 9.77. The summed E-state index contributed by atoms with van der Waals surface area (Å²) in [7, 11) is 0. The molecule has 2 aromatic rings. The van der Waals surface area contributed by atoms with E-state index in [1.807, 2.05) is 17.9 Å². The second-order valence-corrected chi connectivity index (χ2v) is 7.65. The molecule has 0 N–H and O–H groups in total. The van der Waals surface area contributed by atoms with Crippen LogP contribution in [-0.2, 0) is 11.3 Å². The fraction of sp³-hybridized carbons (Fsp3) is 0.455. The molecule has 2 aliphatic rings. The van der Waals surface area contributed by atoms with Crippen LogP contribution in [0.3, 0.4) is 0 Å². The van der Waals surface area contributed by atoms with Crippen LogP contribution in [0, 0.1) is 12.8 Å². The first-order valence-electron chi connectivity index (χ1n) is 9.77. The average molecular weight is 365 g/mol. The van der Waals surface area contributed by atoms with Gasteiger partial charge in [0.05, 0.1) is 18.8 Å². The molecule has 1 amide bonds. The molecule has 4 rings (SSSR count). The van der Waals surface area contributed by atoms with Crippen molar-refractivity contribution in [2.75, 3.05) is 32.8 Å². The molecular formula is C22H27N3O2. The van der Waals surface area contributed by atoms with E-state index in [4.69, 9.17) is 4.74 Å². The predicted molar refractivity (Wildman–Crippen MR) is 104 cm³/mol. The number of aryl methyl sites for hydroxylation is 1. The van der Waals surface area contributed by atoms with Gasteiger partial charge >= 0.3 is 0 Å². The van der Waals surface area contributed by atoms with Gasteiger partial charge < -0.3 is 9.64 Å². The van der Waals surface area contributed by atoms with Crippen LogP contribution in [0.2, 0.25) is 0 Å². The summed E-state index contributed by atoms with van der Waals surface area (Å²) in [5, 5.41) is 0. The van der Waals surface area contributed by atoms with Crippen molar-refractivity contribution < 1.29 is 9.53 Å². The SMILES string of the molecule is Cc1cncc(C(=O)N2CC[C@@H]3[C@@H](COCCN3Cc3ccccc3)C2)c1. The Balaban J connectivity index is 1.46. The Kier molecular flexibility index (Phi) is 5.50. The highest BCUT2D eigenvalue weighted by Crippen LogP contribution is 2.27. The molecule has 0 saturated carbocycles. The summed E-state index contributed by atoms with van der Waals surface area (Å²) in [5.74, 6) is 0.440. The van der Waals surface area contributed by atoms with Gasteiger partial charge in [-0.05, 0) is 30.5 Å². The zero-order chi connectivity index (χ0) is 18.6. The fourth-order valence-electron chi connectivity index (χ4n) is 4.30. The highest BCUT2D eigenvalue weighted by atomic mass is 16.5. The molecule has 0 aliphatic carbocycles. The molecule has 27 heavy (non-hydrogen) atoms. The van der Waals surface area contributed by atoms with Crippen molar-refractivity contribution >= 4 is 5.91 Å². The number of benzene rings is 1. The maximum Gasteiger partial charge on any atom is 0.255 e. The van der Waals surface area contributed by atoms with E-state index in [-0.39, 0.29) is 5.91 Å². The third-order valence-corrected chi connectivity index (χ3v) is 5.66. The van der Waals surface area contributed by atoms with Gasteiger partial charge in [-0.25, -0.2) is 0 Å². The van der Waals surface area contributed by atoms with Crippen molar-refractivity contribution in [3.63, 3.8) is 0 Å². The van der Waals surface area contributed by atoms with Gasteiger partial charge in [0.1, 0.15) is 0 Å². The number of aromatic nitrogens is 1. The number of fused-ring (bicyclic) bond motifs is 1. The highest BCUT2D eigenvalue weighted by molar-refractivity contribution is 5.94. The van der Waals surface area contributed by atoms with Gasteiger partial charge in [-0.2, -0.15) is 0 Å². The molecule has 0 radical (unpaired) electrons. The van der Waals surface area contributed by atoms with Crippen molar-refractivity contribution in [2.24, 2.45) is 5.92 Å². The standard InChI is InChI=1S/C22H27N3O2/c1-17-11-19(13-23-12-17)22(26)25-8-7-21-20(15-25)16-27-10-9-24(21)14-18-5-3-2-4-6-18/h2-6,11-13,20-21H,7-10,14-16H2,1H3/t20-,21-/m1/s1. The van der Waals surface area contributed by atoms with Crippen LogP contribution < -0.4 is 0 Å². The van der Waals surface area contributed by atoms with Crippen molar-refractivity contribution in [1.29, 1.82) is 0 Å². The largest absolute Gasteiger partial charge is 0.380 e. The molecule has 2 saturated heterocycles. The third-order valence-electron chi connectivity index (χ3n) is 5.66. The molecule has 0 unspecified atom stereocenters. The number of piperidine rings is 1. The van der Waals surface area contributed by atoms with E-state index in [0.29, 0.717) is 17.5 Å². The molecule has 5 heteroatoms. The van der Waals surface area contributed by atoms with Gasteiger partial charge in [-0.3, -0.25) is 14.7 Å². The van der Waals surface area contributed by atoms with Crippen LogP contribution in [0.1, 0.15) is 27.9 Å². The molecular weight excluding hydrogens is 338 g/mol. The number of carbonyl (C=O) groups excluding carboxylic acids is 1. The van der Waals surface area contributed by atoms with Crippen LogP contribution in [0.25, 0.3) is 0 Å². The molecule has 142 valence electrons. The van der Waals surface area contributed by atoms with Crippen LogP contribution in [0.4, 0.5) is 0 Å². The van der Waals surface area contributed by atoms with Gasteiger partial charge in [0.2, 0.25) is 0 Å². The number of pyridine rings is 1. The first-order chi connectivity index (χ1) is 13.2. The lowest BCUT2D eigenvalue weighted by Gasteiger charge is -2.42. The lowest BCUT2D eigenvalue weighted by molar-refractivity contribution is 0.0370. The summed E-state index contributed by atoms with van der Waals surface area (Å²) in [6.07, 6.45) is 4.45. The maximum atomic E-state index is 12.9. The summed E-state index contributed by atoms with van der Waals surface area (Å²) in [6, 6.07) is 13.0. The number of ether oxygens (including phenoxy) is 1. The van der Waals surface area contributed by atoms with Gasteiger partial charge in [0.25, 0.3) is 5.91 Å². The molecule has 1 aromatic carbocycles. The van der Waals surface area contributed by atoms with Gasteiger partial charge in [0, 0.05) is 50.5 Å². The predicted octanol–water partition coefficient (Wildman–Crippen LogP) is 2.75. The summed E-state index contributed by atoms with van der Waals surface area (Å²) < 4.78 is 5.89. The Bertz CT molecular complexity index is 780. The number of rotatable bonds is 3. The zero-order valence-electron chi connectivity index (χ0n) is 15.9. The van der Waals surface area contributed by atoms with Crippen LogP contribution in [-0.4, -0.2) is 59.6 Å². The fourth-order valence-corrected chi connectivity index (χ4v) is 4.30. The normalized spacial score (nSPS) is 23.5. The van der Waals surface area contributed by atoms with E-state index in [1.165, 1.54) is 5.56 Å². The topological polar surface area (TPSA) is 45.7 Å². The summed E-state index contributed by atoms with van der Waals surface area (Å²) in [6.45, 7) is 6.90. The first kappa shape index (κ1) is 18.1. The zero-order valence-corrected chi connectivity index (χ0v) is 15.9. The molecule has 0 bridgehead atoms. The molecule has 5 nitrogen and oxygen atoms in total. The third kappa shape index (κ3) is 4.20. The van der Waals surface area contributed by atoms with Crippen molar-refractivity contribution in [1.82, 2.24) is 14.8 Å². The van der Waals surface area contributed by atoms with E-state index in [9.17, 15) is 4.79 Å². The highest BCUT2D eigenvalue weighted by Gasteiger charge is 2.36. The lowest BCUT2D eigenvalue weighted by atomic mass is 9.90. The van der Waals surface area contributed by atoms with E-state index >= 15 is 0 Å². The number of hydrogen-bond donors (Lipinski definition) is 0. The monoisotopic (exact) mass is 365 g/mol. The number of hydrogen-bond acceptors (Lipinski definition) is 4. The second kappa shape index (κ2) is 8.19. The average Bonchev–Trinajstić information content (AvgIpc) is 2.90. The smallest absolute Gasteiger partial charge is 0.255 e. The van der Waals surface area contributed by atoms with Gasteiger partial charge in [-0.15, -0.1) is 0 Å². The molecule has 1 aromatic heterocycles. The molecule has 2 fully saturated rings. The second-order valence-electron chi connectivity index (χ2n) is 7.65. The lowest BCUT2D eigenvalue weighted by Crippen LogP contribution is -2.52. The van der Waals surface area contributed by atoms with Crippen LogP contribution >= 0.6 is 0 Å². The molecule has 2 atom stereocenters. The Labute approximate surface area is 161 Å². The summed E-state index contributed by atoms with van der Waals surface area (Å²) in [5.41, 5.74) is 3.04.